The van der Waals surface area contributed by atoms with Crippen LogP contribution in [0.25, 0.3) is 0 Å². The highest BCUT2D eigenvalue weighted by atomic mass is 31.1. The topological polar surface area (TPSA) is 17.1 Å². The molecule has 0 spiro atoms. The largest absolute Gasteiger partial charge is 0.270 e. The van der Waals surface area contributed by atoms with Crippen LogP contribution in [0.4, 0.5) is 0 Å². The Kier molecular flexibility index (Phi) is 9.66. The molecule has 0 aliphatic carbocycles. The number of allylic oxidation sites excluding steroid dienone is 7. The molecular weight excluding hydrogens is 227 g/mol. The summed E-state index contributed by atoms with van der Waals surface area (Å²) in [6, 6.07) is 0. The molecule has 0 fully saturated rings. The normalized spacial score (nSPS) is 14.7. The van der Waals surface area contributed by atoms with Gasteiger partial charge < -0.3 is 0 Å². The van der Waals surface area contributed by atoms with Crippen LogP contribution in [0, 0.1) is 5.92 Å². The molecule has 0 bridgehead atoms. The van der Waals surface area contributed by atoms with Crippen molar-refractivity contribution in [3.63, 3.8) is 0 Å². The molecule has 0 radical (unpaired) electrons. The molecule has 0 rings (SSSR count). The number of hydrogen-bond donors (Lipinski definition) is 0. The second kappa shape index (κ2) is 10.2. The van der Waals surface area contributed by atoms with Crippen LogP contribution in [0.2, 0.25) is 0 Å². The minimum Gasteiger partial charge on any atom is -0.270 e. The first-order valence-corrected chi connectivity index (χ1v) is 6.91. The Labute approximate surface area is 107 Å². The fraction of sp³-hybridized carbons (Fsp3) is 0.467. The van der Waals surface area contributed by atoms with E-state index in [4.69, 9.17) is 0 Å². The van der Waals surface area contributed by atoms with E-state index in [0.29, 0.717) is 5.92 Å². The predicted molar refractivity (Wildman–Crippen MR) is 77.5 cm³/mol. The van der Waals surface area contributed by atoms with Gasteiger partial charge in [-0.25, -0.2) is 0 Å². The molecular formula is C15H23OP. The zero-order valence-electron chi connectivity index (χ0n) is 11.3. The lowest BCUT2D eigenvalue weighted by Gasteiger charge is -1.98. The van der Waals surface area contributed by atoms with Crippen LogP contribution >= 0.6 is 8.46 Å². The van der Waals surface area contributed by atoms with Gasteiger partial charge >= 0.3 is 0 Å². The third-order valence-electron chi connectivity index (χ3n) is 2.34. The Morgan fingerprint density at radius 1 is 1.24 bits per heavy atom. The van der Waals surface area contributed by atoms with Crippen LogP contribution in [0.5, 0.6) is 0 Å². The van der Waals surface area contributed by atoms with Gasteiger partial charge in [0.05, 0.1) is 0 Å². The highest BCUT2D eigenvalue weighted by Gasteiger charge is 1.89. The van der Waals surface area contributed by atoms with Gasteiger partial charge in [-0.2, -0.15) is 0 Å². The van der Waals surface area contributed by atoms with E-state index in [-0.39, 0.29) is 8.46 Å². The predicted octanol–water partition coefficient (Wildman–Crippen LogP) is 5.68. The van der Waals surface area contributed by atoms with E-state index in [1.54, 1.807) is 5.82 Å². The molecule has 94 valence electrons. The molecule has 0 aliphatic heterocycles. The molecule has 0 aromatic rings. The maximum Gasteiger partial charge on any atom is 0.183 e. The number of rotatable bonds is 7. The van der Waals surface area contributed by atoms with E-state index in [9.17, 15) is 4.57 Å². The summed E-state index contributed by atoms with van der Waals surface area (Å²) in [5, 5.41) is 0. The third-order valence-corrected chi connectivity index (χ3v) is 2.63. The van der Waals surface area contributed by atoms with Gasteiger partial charge in [-0.1, -0.05) is 48.5 Å². The minimum absolute atomic E-state index is 0.0796. The summed E-state index contributed by atoms with van der Waals surface area (Å²) in [6.07, 6.45) is 12.7. The first-order chi connectivity index (χ1) is 8.06. The van der Waals surface area contributed by atoms with Crippen molar-refractivity contribution in [1.29, 1.82) is 0 Å². The molecule has 0 aromatic carbocycles. The molecule has 1 atom stereocenters. The second-order valence-corrected chi connectivity index (χ2v) is 5.03. The van der Waals surface area contributed by atoms with Crippen molar-refractivity contribution in [3.05, 3.63) is 47.3 Å². The van der Waals surface area contributed by atoms with E-state index in [0.717, 1.165) is 12.8 Å². The van der Waals surface area contributed by atoms with Gasteiger partial charge in [-0.05, 0) is 39.5 Å². The molecule has 0 amide bonds. The van der Waals surface area contributed by atoms with E-state index >= 15 is 0 Å². The quantitative estimate of drug-likeness (QED) is 0.323. The Balaban J connectivity index is 4.05. The van der Waals surface area contributed by atoms with Gasteiger partial charge in [0.2, 0.25) is 0 Å². The van der Waals surface area contributed by atoms with Crippen LogP contribution in [0.3, 0.4) is 0 Å². The molecule has 1 unspecified atom stereocenters. The summed E-state index contributed by atoms with van der Waals surface area (Å²) < 4.78 is 10.2. The van der Waals surface area contributed by atoms with Crippen LogP contribution in [-0.4, -0.2) is 0 Å². The molecule has 0 N–H and O–H groups in total. The van der Waals surface area contributed by atoms with Gasteiger partial charge in [0.25, 0.3) is 0 Å². The first-order valence-electron chi connectivity index (χ1n) is 6.02. The third kappa shape index (κ3) is 11.3. The molecule has 17 heavy (non-hydrogen) atoms. The minimum atomic E-state index is 0.0796. The molecule has 0 heterocycles. The monoisotopic (exact) mass is 250 g/mol. The van der Waals surface area contributed by atoms with Crippen molar-refractivity contribution in [2.24, 2.45) is 5.92 Å². The Morgan fingerprint density at radius 2 is 1.94 bits per heavy atom. The lowest BCUT2D eigenvalue weighted by Crippen LogP contribution is -1.80. The van der Waals surface area contributed by atoms with E-state index < -0.39 is 0 Å². The lowest BCUT2D eigenvalue weighted by atomic mass is 10.1. The molecule has 0 aromatic heterocycles. The molecule has 0 aliphatic rings. The average molecular weight is 250 g/mol. The summed E-state index contributed by atoms with van der Waals surface area (Å²) in [4.78, 5) is 0. The van der Waals surface area contributed by atoms with Crippen molar-refractivity contribution < 1.29 is 4.57 Å². The Bertz CT molecular complexity index is 331. The average Bonchev–Trinajstić information content (AvgIpc) is 2.25. The van der Waals surface area contributed by atoms with Crippen LogP contribution in [-0.2, 0) is 4.57 Å². The lowest BCUT2D eigenvalue weighted by molar-refractivity contribution is 0.602. The van der Waals surface area contributed by atoms with Gasteiger partial charge in [0.1, 0.15) is 0 Å². The van der Waals surface area contributed by atoms with Gasteiger partial charge in [-0.15, -0.1) is 0 Å². The Hall–Kier alpha value is -0.940. The maximum atomic E-state index is 10.2. The Morgan fingerprint density at radius 3 is 2.53 bits per heavy atom. The van der Waals surface area contributed by atoms with Crippen LogP contribution < -0.4 is 0 Å². The SMILES string of the molecule is CC(C)=CCC/C(C)=C/C=C/C(C)/C=C/P=O. The molecule has 0 saturated heterocycles. The van der Waals surface area contributed by atoms with E-state index in [1.165, 1.54) is 11.1 Å². The van der Waals surface area contributed by atoms with E-state index in [1.807, 2.05) is 6.08 Å². The van der Waals surface area contributed by atoms with Gasteiger partial charge in [-0.3, -0.25) is 4.57 Å². The highest BCUT2D eigenvalue weighted by Crippen LogP contribution is 2.08. The standard InChI is InChI=1S/C15H23OP/c1-13(2)7-5-8-14(3)9-6-10-15(4)11-12-17-16/h6-7,9-12,15H,5,8H2,1-4H3/b10-6+,12-11+,14-9+. The molecule has 0 saturated carbocycles. The van der Waals surface area contributed by atoms with Gasteiger partial charge in [0, 0.05) is 5.82 Å². The van der Waals surface area contributed by atoms with Crippen molar-refractivity contribution in [2.75, 3.05) is 0 Å². The summed E-state index contributed by atoms with van der Waals surface area (Å²) in [5.41, 5.74) is 2.76. The van der Waals surface area contributed by atoms with Gasteiger partial charge in [0.15, 0.2) is 8.46 Å². The summed E-state index contributed by atoms with van der Waals surface area (Å²) in [6.45, 7) is 8.48. The summed E-state index contributed by atoms with van der Waals surface area (Å²) in [5.74, 6) is 1.97. The zero-order chi connectivity index (χ0) is 13.1. The second-order valence-electron chi connectivity index (χ2n) is 4.52. The molecule has 1 nitrogen and oxygen atoms in total. The van der Waals surface area contributed by atoms with Crippen LogP contribution in [0.15, 0.2) is 47.3 Å². The molecule has 2 heteroatoms. The van der Waals surface area contributed by atoms with Crippen LogP contribution in [0.1, 0.15) is 40.5 Å². The maximum absolute atomic E-state index is 10.2. The fourth-order valence-electron chi connectivity index (χ4n) is 1.30. The summed E-state index contributed by atoms with van der Waals surface area (Å²) >= 11 is 0. The van der Waals surface area contributed by atoms with Crippen molar-refractivity contribution in [2.45, 2.75) is 40.5 Å². The first kappa shape index (κ1) is 16.1. The highest BCUT2D eigenvalue weighted by molar-refractivity contribution is 7.27. The smallest absolute Gasteiger partial charge is 0.183 e. The van der Waals surface area contributed by atoms with Crippen molar-refractivity contribution in [3.8, 4) is 0 Å². The summed E-state index contributed by atoms with van der Waals surface area (Å²) in [7, 11) is 0.0796. The van der Waals surface area contributed by atoms with Crippen molar-refractivity contribution in [1.82, 2.24) is 0 Å². The number of hydrogen-bond acceptors (Lipinski definition) is 1. The zero-order valence-corrected chi connectivity index (χ0v) is 12.2. The van der Waals surface area contributed by atoms with Crippen molar-refractivity contribution >= 4 is 8.46 Å². The van der Waals surface area contributed by atoms with E-state index in [2.05, 4.69) is 52.0 Å². The fourth-order valence-corrected chi connectivity index (χ4v) is 1.64.